The normalized spacial score (nSPS) is 18.2. The van der Waals surface area contributed by atoms with Gasteiger partial charge in [0.05, 0.1) is 5.51 Å². The molecule has 0 saturated carbocycles. The molecule has 1 nitrogen and oxygen atoms in total. The molecule has 1 aliphatic rings. The topological polar surface area (TPSA) is 12.9 Å². The summed E-state index contributed by atoms with van der Waals surface area (Å²) in [7, 11) is 0. The summed E-state index contributed by atoms with van der Waals surface area (Å²) < 4.78 is 0. The predicted molar refractivity (Wildman–Crippen MR) is 75.8 cm³/mol. The third-order valence-electron chi connectivity index (χ3n) is 3.23. The molecule has 17 heavy (non-hydrogen) atoms. The third kappa shape index (κ3) is 2.55. The van der Waals surface area contributed by atoms with Crippen molar-refractivity contribution in [2.24, 2.45) is 0 Å². The van der Waals surface area contributed by atoms with Gasteiger partial charge >= 0.3 is 0 Å². The van der Waals surface area contributed by atoms with Crippen molar-refractivity contribution in [3.63, 3.8) is 0 Å². The molecule has 0 saturated heterocycles. The fourth-order valence-corrected chi connectivity index (χ4v) is 4.40. The number of benzene rings is 1. The van der Waals surface area contributed by atoms with Crippen LogP contribution in [0.25, 0.3) is 0 Å². The molecule has 1 aromatic carbocycles. The van der Waals surface area contributed by atoms with Gasteiger partial charge in [-0.05, 0) is 36.1 Å². The summed E-state index contributed by atoms with van der Waals surface area (Å²) in [6, 6.07) is 8.90. The summed E-state index contributed by atoms with van der Waals surface area (Å²) in [4.78, 5) is 5.52. The van der Waals surface area contributed by atoms with Crippen molar-refractivity contribution in [2.75, 3.05) is 5.75 Å². The number of thiazole rings is 1. The van der Waals surface area contributed by atoms with E-state index in [-0.39, 0.29) is 0 Å². The van der Waals surface area contributed by atoms with Gasteiger partial charge in [-0.1, -0.05) is 24.3 Å². The monoisotopic (exact) mass is 261 g/mol. The first-order valence-corrected chi connectivity index (χ1v) is 7.93. The molecule has 0 bridgehead atoms. The number of aryl methyl sites for hydroxylation is 2. The van der Waals surface area contributed by atoms with Crippen LogP contribution in [-0.4, -0.2) is 10.7 Å². The van der Waals surface area contributed by atoms with Crippen molar-refractivity contribution in [3.8, 4) is 0 Å². The number of rotatable bonds is 4. The highest BCUT2D eigenvalue weighted by Crippen LogP contribution is 2.41. The first-order valence-electron chi connectivity index (χ1n) is 6.00. The van der Waals surface area contributed by atoms with Crippen molar-refractivity contribution in [1.82, 2.24) is 4.98 Å². The van der Waals surface area contributed by atoms with E-state index in [4.69, 9.17) is 0 Å². The van der Waals surface area contributed by atoms with Crippen molar-refractivity contribution in [2.45, 2.75) is 24.5 Å². The van der Waals surface area contributed by atoms with E-state index in [2.05, 4.69) is 41.0 Å². The summed E-state index contributed by atoms with van der Waals surface area (Å²) >= 11 is 3.87. The molecule has 0 radical (unpaired) electrons. The minimum absolute atomic E-state index is 0.721. The first-order chi connectivity index (χ1) is 8.43. The molecule has 0 fully saturated rings. The van der Waals surface area contributed by atoms with Gasteiger partial charge in [-0.25, -0.2) is 0 Å². The Labute approximate surface area is 110 Å². The maximum Gasteiger partial charge on any atom is 0.0794 e. The van der Waals surface area contributed by atoms with E-state index in [1.165, 1.54) is 23.5 Å². The smallest absolute Gasteiger partial charge is 0.0794 e. The Kier molecular flexibility index (Phi) is 3.48. The second-order valence-electron chi connectivity index (χ2n) is 4.31. The van der Waals surface area contributed by atoms with E-state index in [1.54, 1.807) is 22.5 Å². The van der Waals surface area contributed by atoms with E-state index in [0.717, 1.165) is 11.7 Å². The molecule has 88 valence electrons. The second kappa shape index (κ2) is 5.23. The van der Waals surface area contributed by atoms with Gasteiger partial charge in [0.15, 0.2) is 0 Å². The molecular formula is C14H15NS2. The van der Waals surface area contributed by atoms with E-state index >= 15 is 0 Å². The van der Waals surface area contributed by atoms with Crippen LogP contribution >= 0.6 is 23.1 Å². The van der Waals surface area contributed by atoms with Gasteiger partial charge in [-0.3, -0.25) is 4.98 Å². The summed E-state index contributed by atoms with van der Waals surface area (Å²) in [5.41, 5.74) is 5.05. The maximum absolute atomic E-state index is 4.12. The van der Waals surface area contributed by atoms with E-state index < -0.39 is 0 Å². The molecule has 2 aromatic rings. The molecule has 3 rings (SSSR count). The number of fused-ring (bicyclic) bond motifs is 1. The van der Waals surface area contributed by atoms with Gasteiger partial charge in [0.25, 0.3) is 0 Å². The van der Waals surface area contributed by atoms with E-state index in [1.807, 2.05) is 11.7 Å². The van der Waals surface area contributed by atoms with Gasteiger partial charge in [-0.2, -0.15) is 11.8 Å². The molecule has 1 heterocycles. The molecule has 1 unspecified atom stereocenters. The van der Waals surface area contributed by atoms with E-state index in [9.17, 15) is 0 Å². The lowest BCUT2D eigenvalue weighted by Crippen LogP contribution is -1.92. The highest BCUT2D eigenvalue weighted by atomic mass is 32.2. The average molecular weight is 261 g/mol. The zero-order valence-corrected chi connectivity index (χ0v) is 11.3. The van der Waals surface area contributed by atoms with Crippen molar-refractivity contribution in [3.05, 3.63) is 52.0 Å². The molecule has 0 N–H and O–H groups in total. The predicted octanol–water partition coefficient (Wildman–Crippen LogP) is 4.11. The first kappa shape index (κ1) is 11.3. The SMILES string of the molecule is c1ccc2c(c1)CCC2SCCc1cncs1. The van der Waals surface area contributed by atoms with Gasteiger partial charge in [-0.15, -0.1) is 11.3 Å². The lowest BCUT2D eigenvalue weighted by atomic mass is 10.1. The van der Waals surface area contributed by atoms with Crippen LogP contribution in [0, 0.1) is 0 Å². The highest BCUT2D eigenvalue weighted by molar-refractivity contribution is 7.99. The summed E-state index contributed by atoms with van der Waals surface area (Å²) in [5.74, 6) is 1.21. The van der Waals surface area contributed by atoms with Crippen molar-refractivity contribution < 1.29 is 0 Å². The zero-order valence-electron chi connectivity index (χ0n) is 9.63. The number of hydrogen-bond donors (Lipinski definition) is 0. The number of thioether (sulfide) groups is 1. The third-order valence-corrected chi connectivity index (χ3v) is 5.40. The maximum atomic E-state index is 4.12. The molecule has 0 spiro atoms. The van der Waals surface area contributed by atoms with Crippen LogP contribution in [0.15, 0.2) is 36.0 Å². The minimum atomic E-state index is 0.721. The number of nitrogens with zero attached hydrogens (tertiary/aromatic N) is 1. The van der Waals surface area contributed by atoms with Gasteiger partial charge in [0.2, 0.25) is 0 Å². The molecule has 3 heteroatoms. The van der Waals surface area contributed by atoms with Crippen LogP contribution in [0.3, 0.4) is 0 Å². The van der Waals surface area contributed by atoms with Crippen LogP contribution in [-0.2, 0) is 12.8 Å². The quantitative estimate of drug-likeness (QED) is 0.821. The lowest BCUT2D eigenvalue weighted by molar-refractivity contribution is 0.889. The van der Waals surface area contributed by atoms with Crippen LogP contribution in [0.5, 0.6) is 0 Å². The van der Waals surface area contributed by atoms with E-state index in [0.29, 0.717) is 0 Å². The Bertz CT molecular complexity index is 479. The van der Waals surface area contributed by atoms with Crippen LogP contribution in [0.2, 0.25) is 0 Å². The van der Waals surface area contributed by atoms with Gasteiger partial charge in [0, 0.05) is 16.3 Å². The fourth-order valence-electron chi connectivity index (χ4n) is 2.36. The lowest BCUT2D eigenvalue weighted by Gasteiger charge is -2.10. The molecule has 1 aromatic heterocycles. The van der Waals surface area contributed by atoms with Crippen molar-refractivity contribution in [1.29, 1.82) is 0 Å². The highest BCUT2D eigenvalue weighted by Gasteiger charge is 2.21. The minimum Gasteiger partial charge on any atom is -0.253 e. The summed E-state index contributed by atoms with van der Waals surface area (Å²) in [5, 5.41) is 0.721. The Balaban J connectivity index is 1.57. The molecule has 0 amide bonds. The summed E-state index contributed by atoms with van der Waals surface area (Å²) in [6.45, 7) is 0. The number of hydrogen-bond acceptors (Lipinski definition) is 3. The molecule has 0 aliphatic heterocycles. The van der Waals surface area contributed by atoms with Crippen LogP contribution < -0.4 is 0 Å². The van der Waals surface area contributed by atoms with Crippen molar-refractivity contribution >= 4 is 23.1 Å². The van der Waals surface area contributed by atoms with Gasteiger partial charge < -0.3 is 0 Å². The second-order valence-corrected chi connectivity index (χ2v) is 6.60. The fraction of sp³-hybridized carbons (Fsp3) is 0.357. The Hall–Kier alpha value is -0.800. The Morgan fingerprint density at radius 1 is 1.35 bits per heavy atom. The molecule has 1 atom stereocenters. The summed E-state index contributed by atoms with van der Waals surface area (Å²) in [6.07, 6.45) is 5.73. The van der Waals surface area contributed by atoms with Crippen LogP contribution in [0.1, 0.15) is 27.7 Å². The molecule has 1 aliphatic carbocycles. The Morgan fingerprint density at radius 3 is 3.18 bits per heavy atom. The van der Waals surface area contributed by atoms with Crippen LogP contribution in [0.4, 0.5) is 0 Å². The molecular weight excluding hydrogens is 246 g/mol. The largest absolute Gasteiger partial charge is 0.253 e. The standard InChI is InChI=1S/C14H15NS2/c1-2-4-13-11(3-1)5-6-14(13)16-8-7-12-9-15-10-17-12/h1-4,9-10,14H,5-8H2. The Morgan fingerprint density at radius 2 is 2.29 bits per heavy atom. The average Bonchev–Trinajstić information content (AvgIpc) is 2.99. The number of aromatic nitrogens is 1. The zero-order chi connectivity index (χ0) is 11.5. The van der Waals surface area contributed by atoms with Gasteiger partial charge in [0.1, 0.15) is 0 Å².